The predicted molar refractivity (Wildman–Crippen MR) is 119 cm³/mol. The number of hydrogen-bond donors (Lipinski definition) is 0. The number of methoxy groups -OCH3 is 1. The number of hydrogen-bond acceptors (Lipinski definition) is 4. The van der Waals surface area contributed by atoms with Crippen LogP contribution in [0.5, 0.6) is 0 Å². The van der Waals surface area contributed by atoms with E-state index < -0.39 is 0 Å². The van der Waals surface area contributed by atoms with Crippen LogP contribution in [0.3, 0.4) is 0 Å². The van der Waals surface area contributed by atoms with Gasteiger partial charge in [-0.25, -0.2) is 0 Å². The molecule has 2 aliphatic rings. The van der Waals surface area contributed by atoms with Gasteiger partial charge in [0.2, 0.25) is 0 Å². The van der Waals surface area contributed by atoms with Crippen molar-refractivity contribution < 1.29 is 14.3 Å². The molecule has 2 aromatic carbocycles. The van der Waals surface area contributed by atoms with E-state index >= 15 is 0 Å². The van der Waals surface area contributed by atoms with Crippen molar-refractivity contribution >= 4 is 46.3 Å². The van der Waals surface area contributed by atoms with Crippen molar-refractivity contribution in [3.05, 3.63) is 69.3 Å². The van der Waals surface area contributed by atoms with Crippen molar-refractivity contribution in [3.8, 4) is 0 Å². The molecule has 0 saturated heterocycles. The molecule has 30 heavy (non-hydrogen) atoms. The molecule has 156 valence electrons. The first-order chi connectivity index (χ1) is 14.5. The highest BCUT2D eigenvalue weighted by atomic mass is 35.5. The van der Waals surface area contributed by atoms with Crippen molar-refractivity contribution in [2.45, 2.75) is 19.3 Å². The van der Waals surface area contributed by atoms with E-state index in [-0.39, 0.29) is 11.8 Å². The molecule has 0 aliphatic carbocycles. The zero-order chi connectivity index (χ0) is 21.3. The lowest BCUT2D eigenvalue weighted by Crippen LogP contribution is -2.37. The van der Waals surface area contributed by atoms with Crippen LogP contribution in [0, 0.1) is 0 Å². The summed E-state index contributed by atoms with van der Waals surface area (Å²) in [4.78, 5) is 30.1. The molecule has 0 unspecified atom stereocenters. The van der Waals surface area contributed by atoms with Crippen LogP contribution >= 0.6 is 23.2 Å². The van der Waals surface area contributed by atoms with E-state index in [9.17, 15) is 9.59 Å². The van der Waals surface area contributed by atoms with Gasteiger partial charge in [-0.3, -0.25) is 14.5 Å². The third kappa shape index (κ3) is 3.73. The summed E-state index contributed by atoms with van der Waals surface area (Å²) in [5.74, 6) is -0.632. The molecule has 0 atom stereocenters. The first-order valence-electron chi connectivity index (χ1n) is 9.93. The summed E-state index contributed by atoms with van der Waals surface area (Å²) >= 11 is 12.5. The van der Waals surface area contributed by atoms with Gasteiger partial charge in [0.05, 0.1) is 10.6 Å². The molecule has 2 aromatic rings. The van der Waals surface area contributed by atoms with Gasteiger partial charge < -0.3 is 9.64 Å². The van der Waals surface area contributed by atoms with Crippen LogP contribution in [0.25, 0.3) is 5.57 Å². The van der Waals surface area contributed by atoms with Crippen molar-refractivity contribution in [2.24, 2.45) is 0 Å². The Kier molecular flexibility index (Phi) is 6.14. The van der Waals surface area contributed by atoms with E-state index in [1.54, 1.807) is 25.3 Å². The van der Waals surface area contributed by atoms with Gasteiger partial charge in [0.25, 0.3) is 11.8 Å². The average molecular weight is 445 g/mol. The number of fused-ring (bicyclic) bond motifs is 1. The molecule has 0 spiro atoms. The Hall–Kier alpha value is -2.34. The summed E-state index contributed by atoms with van der Waals surface area (Å²) < 4.78 is 5.10. The fraction of sp³-hybridized carbons (Fsp3) is 0.304. The number of imide groups is 1. The van der Waals surface area contributed by atoms with Gasteiger partial charge in [-0.1, -0.05) is 47.5 Å². The molecule has 0 saturated carbocycles. The number of nitrogens with zero attached hydrogens (tertiary/aromatic N) is 2. The topological polar surface area (TPSA) is 49.9 Å². The SMILES string of the molecule is COCCCN1C(=O)C(c2ccc(Cl)cc2Cl)=C(N2CCCc3ccccc32)C1=O. The highest BCUT2D eigenvalue weighted by Crippen LogP contribution is 2.40. The van der Waals surface area contributed by atoms with Gasteiger partial charge in [0.15, 0.2) is 0 Å². The van der Waals surface area contributed by atoms with Gasteiger partial charge in [0.1, 0.15) is 5.70 Å². The molecule has 2 amide bonds. The lowest BCUT2D eigenvalue weighted by molar-refractivity contribution is -0.137. The van der Waals surface area contributed by atoms with Crippen LogP contribution in [-0.4, -0.2) is 43.5 Å². The molecule has 5 nitrogen and oxygen atoms in total. The number of benzene rings is 2. The molecule has 0 bridgehead atoms. The van der Waals surface area contributed by atoms with Crippen LogP contribution < -0.4 is 4.90 Å². The van der Waals surface area contributed by atoms with Crippen LogP contribution in [-0.2, 0) is 20.7 Å². The van der Waals surface area contributed by atoms with Crippen LogP contribution in [0.4, 0.5) is 5.69 Å². The number of anilines is 1. The minimum Gasteiger partial charge on any atom is -0.385 e. The highest BCUT2D eigenvalue weighted by molar-refractivity contribution is 6.41. The molecule has 0 N–H and O–H groups in total. The van der Waals surface area contributed by atoms with Gasteiger partial charge in [-0.15, -0.1) is 0 Å². The minimum atomic E-state index is -0.335. The second-order valence-corrected chi connectivity index (χ2v) is 8.18. The largest absolute Gasteiger partial charge is 0.385 e. The van der Waals surface area contributed by atoms with Gasteiger partial charge in [0, 0.05) is 43.1 Å². The summed E-state index contributed by atoms with van der Waals surface area (Å²) in [7, 11) is 1.60. The lowest BCUT2D eigenvalue weighted by Gasteiger charge is -2.32. The fourth-order valence-corrected chi connectivity index (χ4v) is 4.59. The van der Waals surface area contributed by atoms with E-state index in [2.05, 4.69) is 6.07 Å². The molecule has 0 fully saturated rings. The first kappa shape index (κ1) is 20.9. The van der Waals surface area contributed by atoms with Crippen molar-refractivity contribution in [1.82, 2.24) is 4.90 Å². The van der Waals surface area contributed by atoms with Crippen molar-refractivity contribution in [1.29, 1.82) is 0 Å². The molecule has 4 rings (SSSR count). The smallest absolute Gasteiger partial charge is 0.278 e. The molecule has 7 heteroatoms. The molecular weight excluding hydrogens is 423 g/mol. The number of carbonyl (C=O) groups excluding carboxylic acids is 2. The monoisotopic (exact) mass is 444 g/mol. The zero-order valence-corrected chi connectivity index (χ0v) is 18.2. The van der Waals surface area contributed by atoms with E-state index in [0.717, 1.165) is 24.1 Å². The molecule has 0 aromatic heterocycles. The number of amides is 2. The third-order valence-corrected chi connectivity index (χ3v) is 6.00. The van der Waals surface area contributed by atoms with Crippen LogP contribution in [0.15, 0.2) is 48.2 Å². The van der Waals surface area contributed by atoms with Gasteiger partial charge in [-0.05, 0) is 43.0 Å². The standard InChI is InChI=1S/C23H22Cl2N2O3/c1-30-13-5-12-27-22(28)20(17-10-9-16(24)14-18(17)25)21(23(27)29)26-11-4-7-15-6-2-3-8-19(15)26/h2-3,6,8-10,14H,4-5,7,11-13H2,1H3. The third-order valence-electron chi connectivity index (χ3n) is 5.45. The van der Waals surface area contributed by atoms with E-state index in [1.807, 2.05) is 23.1 Å². The summed E-state index contributed by atoms with van der Waals surface area (Å²) in [6.45, 7) is 1.42. The number of halogens is 2. The number of ether oxygens (including phenoxy) is 1. The molecule has 2 heterocycles. The second-order valence-electron chi connectivity index (χ2n) is 7.34. The molecule has 0 radical (unpaired) electrons. The second kappa shape index (κ2) is 8.80. The maximum Gasteiger partial charge on any atom is 0.278 e. The average Bonchev–Trinajstić information content (AvgIpc) is 2.98. The summed E-state index contributed by atoms with van der Waals surface area (Å²) in [6, 6.07) is 13.0. The first-order valence-corrected chi connectivity index (χ1v) is 10.7. The van der Waals surface area contributed by atoms with Crippen molar-refractivity contribution in [3.63, 3.8) is 0 Å². The number of carbonyl (C=O) groups is 2. The quantitative estimate of drug-likeness (QED) is 0.483. The molecule has 2 aliphatic heterocycles. The van der Waals surface area contributed by atoms with Crippen LogP contribution in [0.2, 0.25) is 10.0 Å². The Morgan fingerprint density at radius 1 is 1.07 bits per heavy atom. The Morgan fingerprint density at radius 2 is 1.87 bits per heavy atom. The maximum absolute atomic E-state index is 13.5. The zero-order valence-electron chi connectivity index (χ0n) is 16.7. The lowest BCUT2D eigenvalue weighted by atomic mass is 9.98. The Bertz CT molecular complexity index is 1030. The number of para-hydroxylation sites is 1. The maximum atomic E-state index is 13.5. The van der Waals surface area contributed by atoms with E-state index in [1.165, 1.54) is 4.90 Å². The van der Waals surface area contributed by atoms with Gasteiger partial charge >= 0.3 is 0 Å². The van der Waals surface area contributed by atoms with E-state index in [4.69, 9.17) is 27.9 Å². The Balaban J connectivity index is 1.85. The number of rotatable bonds is 6. The summed E-state index contributed by atoms with van der Waals surface area (Å²) in [5, 5.41) is 0.822. The summed E-state index contributed by atoms with van der Waals surface area (Å²) in [6.07, 6.45) is 2.41. The normalized spacial score (nSPS) is 16.5. The highest BCUT2D eigenvalue weighted by Gasteiger charge is 2.43. The van der Waals surface area contributed by atoms with Crippen molar-refractivity contribution in [2.75, 3.05) is 31.7 Å². The Morgan fingerprint density at radius 3 is 2.63 bits per heavy atom. The number of aryl methyl sites for hydroxylation is 1. The molecular formula is C23H22Cl2N2O3. The van der Waals surface area contributed by atoms with Crippen LogP contribution in [0.1, 0.15) is 24.0 Å². The Labute approximate surface area is 185 Å². The van der Waals surface area contributed by atoms with E-state index in [0.29, 0.717) is 53.0 Å². The minimum absolute atomic E-state index is 0.291. The predicted octanol–water partition coefficient (Wildman–Crippen LogP) is 4.56. The summed E-state index contributed by atoms with van der Waals surface area (Å²) in [5.41, 5.74) is 3.36. The fourth-order valence-electron chi connectivity index (χ4n) is 4.08. The van der Waals surface area contributed by atoms with Gasteiger partial charge in [-0.2, -0.15) is 0 Å².